The Morgan fingerprint density at radius 3 is 2.42 bits per heavy atom. The molecule has 9 heteroatoms. The number of fused-ring (bicyclic) bond motifs is 2. The zero-order valence-corrected chi connectivity index (χ0v) is 17.0. The molecule has 0 aromatic heterocycles. The first kappa shape index (κ1) is 20.7. The van der Waals surface area contributed by atoms with Crippen molar-refractivity contribution in [2.24, 2.45) is 0 Å². The van der Waals surface area contributed by atoms with Gasteiger partial charge >= 0.3 is 11.9 Å². The second-order valence-electron chi connectivity index (χ2n) is 6.57. The topological polar surface area (TPSA) is 114 Å². The molecule has 0 atom stereocenters. The minimum absolute atomic E-state index is 0.0287. The molecule has 0 saturated heterocycles. The summed E-state index contributed by atoms with van der Waals surface area (Å²) in [4.78, 5) is 34.8. The maximum Gasteiger partial charge on any atom is 0.341 e. The van der Waals surface area contributed by atoms with Crippen LogP contribution in [0.3, 0.4) is 0 Å². The van der Waals surface area contributed by atoms with Gasteiger partial charge in [-0.15, -0.1) is 0 Å². The van der Waals surface area contributed by atoms with Crippen LogP contribution in [0, 0.1) is 0 Å². The second-order valence-corrected chi connectivity index (χ2v) is 7.38. The Balaban J connectivity index is 2.12. The van der Waals surface area contributed by atoms with Crippen LogP contribution in [0.4, 0.5) is 0 Å². The lowest BCUT2D eigenvalue weighted by molar-refractivity contribution is -0.139. The minimum Gasteiger partial charge on any atom is -0.480 e. The fourth-order valence-corrected chi connectivity index (χ4v) is 3.70. The minimum atomic E-state index is -1.19. The summed E-state index contributed by atoms with van der Waals surface area (Å²) in [6, 6.07) is 11.9. The number of halogens is 2. The largest absolute Gasteiger partial charge is 0.480 e. The summed E-state index contributed by atoms with van der Waals surface area (Å²) in [7, 11) is 0. The summed E-state index contributed by atoms with van der Waals surface area (Å²) in [5.74, 6) is -2.10. The van der Waals surface area contributed by atoms with Gasteiger partial charge in [0, 0.05) is 28.6 Å². The molecule has 1 aliphatic heterocycles. The highest BCUT2D eigenvalue weighted by Crippen LogP contribution is 2.44. The highest BCUT2D eigenvalue weighted by atomic mass is 35.5. The number of aliphatic carboxylic acids is 1. The van der Waals surface area contributed by atoms with Gasteiger partial charge in [0.25, 0.3) is 0 Å². The molecule has 31 heavy (non-hydrogen) atoms. The van der Waals surface area contributed by atoms with E-state index >= 15 is 0 Å². The molecule has 0 saturated carbocycles. The first-order valence-electron chi connectivity index (χ1n) is 8.83. The number of rotatable bonds is 5. The van der Waals surface area contributed by atoms with Crippen LogP contribution in [0.25, 0.3) is 33.4 Å². The normalized spacial score (nSPS) is 11.0. The third-order valence-corrected chi connectivity index (χ3v) is 5.20. The lowest BCUT2D eigenvalue weighted by atomic mass is 9.91. The van der Waals surface area contributed by atoms with Gasteiger partial charge in [0.1, 0.15) is 17.1 Å². The van der Waals surface area contributed by atoms with Gasteiger partial charge in [0.15, 0.2) is 6.61 Å². The summed E-state index contributed by atoms with van der Waals surface area (Å²) < 4.78 is 11.1. The van der Waals surface area contributed by atoms with E-state index in [1.165, 1.54) is 30.3 Å². The van der Waals surface area contributed by atoms with E-state index in [2.05, 4.69) is 0 Å². The average molecular weight is 459 g/mol. The van der Waals surface area contributed by atoms with E-state index in [0.717, 1.165) is 0 Å². The smallest absolute Gasteiger partial charge is 0.341 e. The Labute approximate surface area is 184 Å². The van der Waals surface area contributed by atoms with Gasteiger partial charge in [-0.1, -0.05) is 41.4 Å². The number of carbonyl (C=O) groups is 2. The molecule has 1 aliphatic carbocycles. The van der Waals surface area contributed by atoms with Crippen LogP contribution in [-0.4, -0.2) is 28.8 Å². The van der Waals surface area contributed by atoms with Crippen molar-refractivity contribution in [2.45, 2.75) is 0 Å². The SMILES string of the molecule is O=C(O)COc1cc2oc3cc(=O)c(Cl)cc-3c(-c3ccccc3C(=O)O)c2cc1Cl. The van der Waals surface area contributed by atoms with Gasteiger partial charge in [0.2, 0.25) is 5.43 Å². The molecular weight excluding hydrogens is 447 g/mol. The predicted octanol–water partition coefficient (Wildman–Crippen LogP) is 5.03. The Kier molecular flexibility index (Phi) is 5.31. The third kappa shape index (κ3) is 3.81. The molecular formula is C22H12Cl2O7. The Morgan fingerprint density at radius 1 is 0.968 bits per heavy atom. The number of ether oxygens (including phenoxy) is 1. The van der Waals surface area contributed by atoms with Crippen molar-refractivity contribution in [2.75, 3.05) is 6.61 Å². The van der Waals surface area contributed by atoms with Gasteiger partial charge in [-0.05, 0) is 23.8 Å². The molecule has 1 heterocycles. The van der Waals surface area contributed by atoms with Crippen LogP contribution in [0.15, 0.2) is 57.7 Å². The van der Waals surface area contributed by atoms with Crippen LogP contribution in [0.2, 0.25) is 10.0 Å². The summed E-state index contributed by atoms with van der Waals surface area (Å²) in [5, 5.41) is 19.0. The van der Waals surface area contributed by atoms with E-state index in [1.54, 1.807) is 18.2 Å². The number of hydrogen-bond donors (Lipinski definition) is 2. The van der Waals surface area contributed by atoms with E-state index in [4.69, 9.17) is 37.5 Å². The number of carboxylic acids is 2. The third-order valence-electron chi connectivity index (χ3n) is 4.60. The van der Waals surface area contributed by atoms with Crippen molar-refractivity contribution in [3.63, 3.8) is 0 Å². The van der Waals surface area contributed by atoms with E-state index in [9.17, 15) is 19.5 Å². The lowest BCUT2D eigenvalue weighted by Crippen LogP contribution is -2.09. The van der Waals surface area contributed by atoms with Crippen LogP contribution in [-0.2, 0) is 4.79 Å². The number of hydrogen-bond acceptors (Lipinski definition) is 5. The van der Waals surface area contributed by atoms with Crippen molar-refractivity contribution in [3.05, 3.63) is 74.4 Å². The lowest BCUT2D eigenvalue weighted by Gasteiger charge is -2.18. The molecule has 7 nitrogen and oxygen atoms in total. The number of carboxylic acid groups (broad SMARTS) is 2. The molecule has 2 N–H and O–H groups in total. The Morgan fingerprint density at radius 2 is 1.71 bits per heavy atom. The second kappa shape index (κ2) is 7.94. The molecule has 2 aromatic carbocycles. The van der Waals surface area contributed by atoms with Crippen molar-refractivity contribution in [3.8, 4) is 28.2 Å². The van der Waals surface area contributed by atoms with Gasteiger partial charge in [-0.3, -0.25) is 4.79 Å². The molecule has 0 radical (unpaired) electrons. The maximum atomic E-state index is 12.1. The van der Waals surface area contributed by atoms with Crippen LogP contribution in [0.5, 0.6) is 5.75 Å². The Bertz CT molecular complexity index is 1390. The standard InChI is InChI=1S/C22H12Cl2O7/c23-14-5-12-17(7-16(14)25)31-18-8-19(30-9-20(26)27)15(24)6-13(18)21(12)10-3-1-2-4-11(10)22(28)29/h1-8H,9H2,(H,26,27)(H,28,29). The predicted molar refractivity (Wildman–Crippen MR) is 115 cm³/mol. The molecule has 0 amide bonds. The fourth-order valence-electron chi connectivity index (χ4n) is 3.32. The number of benzene rings is 3. The van der Waals surface area contributed by atoms with Gasteiger partial charge in [-0.25, -0.2) is 9.59 Å². The molecule has 156 valence electrons. The fraction of sp³-hybridized carbons (Fsp3) is 0.0455. The summed E-state index contributed by atoms with van der Waals surface area (Å²) in [6.07, 6.45) is 0. The quantitative estimate of drug-likeness (QED) is 0.402. The Hall–Kier alpha value is -3.55. The van der Waals surface area contributed by atoms with E-state index in [0.29, 0.717) is 22.1 Å². The molecule has 2 aliphatic rings. The van der Waals surface area contributed by atoms with Crippen molar-refractivity contribution in [1.29, 1.82) is 0 Å². The summed E-state index contributed by atoms with van der Waals surface area (Å²) >= 11 is 12.4. The monoisotopic (exact) mass is 458 g/mol. The van der Waals surface area contributed by atoms with Crippen LogP contribution < -0.4 is 10.2 Å². The molecule has 2 aromatic rings. The summed E-state index contributed by atoms with van der Waals surface area (Å²) in [5.41, 5.74) is 1.01. The molecule has 0 fully saturated rings. The van der Waals surface area contributed by atoms with Crippen LogP contribution in [0.1, 0.15) is 10.4 Å². The van der Waals surface area contributed by atoms with Crippen molar-refractivity contribution < 1.29 is 29.0 Å². The van der Waals surface area contributed by atoms with Crippen molar-refractivity contribution >= 4 is 46.1 Å². The number of aromatic carboxylic acids is 1. The summed E-state index contributed by atoms with van der Waals surface area (Å²) in [6.45, 7) is -0.617. The highest BCUT2D eigenvalue weighted by molar-refractivity contribution is 6.33. The van der Waals surface area contributed by atoms with Gasteiger partial charge < -0.3 is 19.4 Å². The van der Waals surface area contributed by atoms with Gasteiger partial charge in [0.05, 0.1) is 15.6 Å². The molecule has 0 unspecified atom stereocenters. The maximum absolute atomic E-state index is 12.1. The van der Waals surface area contributed by atoms with Crippen molar-refractivity contribution in [1.82, 2.24) is 0 Å². The zero-order valence-electron chi connectivity index (χ0n) is 15.5. The van der Waals surface area contributed by atoms with Gasteiger partial charge in [-0.2, -0.15) is 0 Å². The molecule has 0 bridgehead atoms. The molecule has 0 spiro atoms. The van der Waals surface area contributed by atoms with E-state index in [-0.39, 0.29) is 32.7 Å². The first-order chi connectivity index (χ1) is 14.8. The van der Waals surface area contributed by atoms with E-state index in [1.807, 2.05) is 0 Å². The highest BCUT2D eigenvalue weighted by Gasteiger charge is 2.23. The average Bonchev–Trinajstić information content (AvgIpc) is 2.72. The molecule has 4 rings (SSSR count). The first-order valence-corrected chi connectivity index (χ1v) is 9.58. The van der Waals surface area contributed by atoms with Crippen LogP contribution >= 0.6 is 23.2 Å². The van der Waals surface area contributed by atoms with E-state index < -0.39 is 24.0 Å². The zero-order chi connectivity index (χ0) is 22.3.